The summed E-state index contributed by atoms with van der Waals surface area (Å²) in [6.07, 6.45) is 0.631. The van der Waals surface area contributed by atoms with Gasteiger partial charge in [0.15, 0.2) is 0 Å². The normalized spacial score (nSPS) is 20.6. The lowest BCUT2D eigenvalue weighted by Crippen LogP contribution is -2.38. The van der Waals surface area contributed by atoms with E-state index in [2.05, 4.69) is 4.90 Å². The summed E-state index contributed by atoms with van der Waals surface area (Å²) in [6.45, 7) is 4.33. The van der Waals surface area contributed by atoms with Gasteiger partial charge in [-0.2, -0.15) is 0 Å². The van der Waals surface area contributed by atoms with Crippen molar-refractivity contribution in [1.82, 2.24) is 4.90 Å². The number of aliphatic carboxylic acids is 1. The molecule has 1 aliphatic heterocycles. The van der Waals surface area contributed by atoms with Crippen molar-refractivity contribution in [3.8, 4) is 0 Å². The molecule has 0 radical (unpaired) electrons. The summed E-state index contributed by atoms with van der Waals surface area (Å²) in [5.74, 6) is -1.20. The van der Waals surface area contributed by atoms with Crippen LogP contribution in [0.2, 0.25) is 0 Å². The van der Waals surface area contributed by atoms with Crippen LogP contribution in [0.5, 0.6) is 0 Å². The van der Waals surface area contributed by atoms with Crippen LogP contribution >= 0.6 is 0 Å². The molecule has 0 aromatic carbocycles. The fraction of sp³-hybridized carbons (Fsp3) is 0.889. The van der Waals surface area contributed by atoms with Crippen LogP contribution in [0.4, 0.5) is 0 Å². The van der Waals surface area contributed by atoms with Crippen molar-refractivity contribution in [3.63, 3.8) is 0 Å². The van der Waals surface area contributed by atoms with Crippen LogP contribution in [-0.2, 0) is 9.53 Å². The molecule has 82 valence electrons. The Morgan fingerprint density at radius 3 is 2.64 bits per heavy atom. The van der Waals surface area contributed by atoms with E-state index in [1.54, 1.807) is 0 Å². The second-order valence-corrected chi connectivity index (χ2v) is 3.51. The first-order valence-electron chi connectivity index (χ1n) is 4.97. The summed E-state index contributed by atoms with van der Waals surface area (Å²) >= 11 is 0. The number of nitrogens with two attached hydrogens (primary N) is 1. The van der Waals surface area contributed by atoms with Crippen molar-refractivity contribution < 1.29 is 14.6 Å². The van der Waals surface area contributed by atoms with Gasteiger partial charge in [0.05, 0.1) is 19.1 Å². The van der Waals surface area contributed by atoms with Gasteiger partial charge in [-0.25, -0.2) is 0 Å². The molecule has 1 heterocycles. The number of carboxylic acid groups (broad SMARTS) is 1. The quantitative estimate of drug-likeness (QED) is 0.620. The number of ether oxygens (including phenoxy) is 1. The summed E-state index contributed by atoms with van der Waals surface area (Å²) < 4.78 is 5.20. The Hall–Kier alpha value is -0.650. The molecule has 1 atom stereocenters. The number of rotatable bonds is 5. The first kappa shape index (κ1) is 11.4. The second-order valence-electron chi connectivity index (χ2n) is 3.51. The Bertz CT molecular complexity index is 181. The molecule has 1 unspecified atom stereocenters. The van der Waals surface area contributed by atoms with Crippen molar-refractivity contribution in [2.75, 3.05) is 39.4 Å². The van der Waals surface area contributed by atoms with Crippen LogP contribution in [0.3, 0.4) is 0 Å². The fourth-order valence-electron chi connectivity index (χ4n) is 1.51. The maximum absolute atomic E-state index is 10.7. The Morgan fingerprint density at radius 1 is 1.50 bits per heavy atom. The molecule has 3 N–H and O–H groups in total. The molecule has 5 nitrogen and oxygen atoms in total. The van der Waals surface area contributed by atoms with Crippen molar-refractivity contribution in [2.45, 2.75) is 6.42 Å². The zero-order valence-corrected chi connectivity index (χ0v) is 8.32. The van der Waals surface area contributed by atoms with Gasteiger partial charge in [-0.05, 0) is 13.0 Å². The monoisotopic (exact) mass is 202 g/mol. The first-order chi connectivity index (χ1) is 6.74. The molecule has 14 heavy (non-hydrogen) atoms. The van der Waals surface area contributed by atoms with Crippen molar-refractivity contribution in [2.24, 2.45) is 11.7 Å². The lowest BCUT2D eigenvalue weighted by molar-refractivity contribution is -0.141. The maximum atomic E-state index is 10.7. The predicted octanol–water partition coefficient (Wildman–Crippen LogP) is -0.632. The van der Waals surface area contributed by atoms with Crippen molar-refractivity contribution in [3.05, 3.63) is 0 Å². The van der Waals surface area contributed by atoms with E-state index in [1.165, 1.54) is 0 Å². The zero-order valence-electron chi connectivity index (χ0n) is 8.32. The van der Waals surface area contributed by atoms with E-state index in [-0.39, 0.29) is 6.54 Å². The highest BCUT2D eigenvalue weighted by Gasteiger charge is 2.17. The van der Waals surface area contributed by atoms with Crippen LogP contribution in [0.1, 0.15) is 6.42 Å². The molecule has 0 amide bonds. The molecule has 0 spiro atoms. The number of nitrogens with zero attached hydrogens (tertiary/aromatic N) is 1. The Balaban J connectivity index is 2.20. The Morgan fingerprint density at radius 2 is 2.14 bits per heavy atom. The van der Waals surface area contributed by atoms with E-state index < -0.39 is 11.9 Å². The minimum Gasteiger partial charge on any atom is -0.481 e. The van der Waals surface area contributed by atoms with E-state index in [9.17, 15) is 4.79 Å². The van der Waals surface area contributed by atoms with Crippen LogP contribution in [0.15, 0.2) is 0 Å². The van der Waals surface area contributed by atoms with E-state index in [1.807, 2.05) is 0 Å². The molecule has 1 rings (SSSR count). The van der Waals surface area contributed by atoms with Gasteiger partial charge in [0.1, 0.15) is 0 Å². The molecule has 1 aliphatic rings. The highest BCUT2D eigenvalue weighted by molar-refractivity contribution is 5.70. The van der Waals surface area contributed by atoms with Gasteiger partial charge >= 0.3 is 5.97 Å². The van der Waals surface area contributed by atoms with Crippen molar-refractivity contribution in [1.29, 1.82) is 0 Å². The summed E-state index contributed by atoms with van der Waals surface area (Å²) in [4.78, 5) is 12.9. The first-order valence-corrected chi connectivity index (χ1v) is 4.97. The van der Waals surface area contributed by atoms with Crippen LogP contribution < -0.4 is 5.73 Å². The second kappa shape index (κ2) is 5.95. The van der Waals surface area contributed by atoms with Gasteiger partial charge in [0, 0.05) is 19.6 Å². The maximum Gasteiger partial charge on any atom is 0.307 e. The average Bonchev–Trinajstić information content (AvgIpc) is 2.20. The average molecular weight is 202 g/mol. The molecule has 1 saturated heterocycles. The third-order valence-corrected chi connectivity index (χ3v) is 2.53. The third-order valence-electron chi connectivity index (χ3n) is 2.53. The number of hydrogen-bond acceptors (Lipinski definition) is 4. The largest absolute Gasteiger partial charge is 0.481 e. The molecule has 1 fully saturated rings. The lowest BCUT2D eigenvalue weighted by atomic mass is 10.1. The summed E-state index contributed by atoms with van der Waals surface area (Å²) in [5.41, 5.74) is 5.37. The van der Waals surface area contributed by atoms with Gasteiger partial charge in [-0.1, -0.05) is 0 Å². The van der Waals surface area contributed by atoms with Gasteiger partial charge in [0.2, 0.25) is 0 Å². The minimum atomic E-state index is -0.791. The van der Waals surface area contributed by atoms with Gasteiger partial charge in [-0.3, -0.25) is 9.69 Å². The summed E-state index contributed by atoms with van der Waals surface area (Å²) in [5, 5.41) is 8.78. The molecule has 0 saturated carbocycles. The van der Waals surface area contributed by atoms with Crippen LogP contribution in [0.25, 0.3) is 0 Å². The topological polar surface area (TPSA) is 75.8 Å². The van der Waals surface area contributed by atoms with Gasteiger partial charge in [0.25, 0.3) is 0 Å². The highest BCUT2D eigenvalue weighted by Crippen LogP contribution is 2.05. The highest BCUT2D eigenvalue weighted by atomic mass is 16.5. The fourth-order valence-corrected chi connectivity index (χ4v) is 1.51. The standard InChI is InChI=1S/C9H18N2O3/c10-7-8(9(12)13)1-2-11-3-5-14-6-4-11/h8H,1-7,10H2,(H,12,13). The van der Waals surface area contributed by atoms with E-state index in [0.717, 1.165) is 32.8 Å². The SMILES string of the molecule is NCC(CCN1CCOCC1)C(=O)O. The number of hydrogen-bond donors (Lipinski definition) is 2. The summed E-state index contributed by atoms with van der Waals surface area (Å²) in [6, 6.07) is 0. The number of carbonyl (C=O) groups is 1. The molecule has 0 bridgehead atoms. The van der Waals surface area contributed by atoms with E-state index in [0.29, 0.717) is 6.42 Å². The van der Waals surface area contributed by atoms with E-state index in [4.69, 9.17) is 15.6 Å². The molecular formula is C9H18N2O3. The predicted molar refractivity (Wildman–Crippen MR) is 52.1 cm³/mol. The molecule has 0 aromatic rings. The Labute approximate surface area is 83.8 Å². The Kier molecular flexibility index (Phi) is 4.86. The molecule has 5 heteroatoms. The zero-order chi connectivity index (χ0) is 10.4. The van der Waals surface area contributed by atoms with Crippen molar-refractivity contribution >= 4 is 5.97 Å². The van der Waals surface area contributed by atoms with Gasteiger partial charge < -0.3 is 15.6 Å². The van der Waals surface area contributed by atoms with Crippen LogP contribution in [-0.4, -0.2) is 55.4 Å². The lowest BCUT2D eigenvalue weighted by Gasteiger charge is -2.27. The summed E-state index contributed by atoms with van der Waals surface area (Å²) in [7, 11) is 0. The molecule has 0 aliphatic carbocycles. The molecule has 0 aromatic heterocycles. The third kappa shape index (κ3) is 3.61. The minimum absolute atomic E-state index is 0.222. The molecular weight excluding hydrogens is 184 g/mol. The smallest absolute Gasteiger partial charge is 0.307 e. The van der Waals surface area contributed by atoms with Gasteiger partial charge in [-0.15, -0.1) is 0 Å². The number of carboxylic acids is 1. The van der Waals surface area contributed by atoms with E-state index >= 15 is 0 Å². The number of morpholine rings is 1. The van der Waals surface area contributed by atoms with Crippen LogP contribution in [0, 0.1) is 5.92 Å².